The molecule has 13 heteroatoms. The number of hydrogen-bond acceptors (Lipinski definition) is 8. The molecule has 0 unspecified atom stereocenters. The molecule has 198 valence electrons. The van der Waals surface area contributed by atoms with Crippen molar-refractivity contribution >= 4 is 34.3 Å². The number of hydrogen-bond donors (Lipinski definition) is 3. The van der Waals surface area contributed by atoms with E-state index in [-0.39, 0.29) is 42.2 Å². The SMILES string of the molecule is Nc1oc2cc(CN3CC[C@@H](F)C3)cnc2c1C(=O)Nc1cnccc1N1C[C@@H](N)C[C@@H](C(F)(F)F)C1. The highest BCUT2D eigenvalue weighted by atomic mass is 19.4. The van der Waals surface area contributed by atoms with Crippen molar-refractivity contribution in [3.63, 3.8) is 0 Å². The first-order valence-corrected chi connectivity index (χ1v) is 11.9. The third-order valence-corrected chi connectivity index (χ3v) is 6.79. The lowest BCUT2D eigenvalue weighted by Gasteiger charge is -2.39. The van der Waals surface area contributed by atoms with Crippen molar-refractivity contribution in [2.24, 2.45) is 11.7 Å². The lowest BCUT2D eigenvalue weighted by molar-refractivity contribution is -0.177. The molecule has 0 saturated carbocycles. The van der Waals surface area contributed by atoms with E-state index in [2.05, 4.69) is 15.3 Å². The minimum Gasteiger partial charge on any atom is -0.438 e. The Kier molecular flexibility index (Phi) is 6.67. The summed E-state index contributed by atoms with van der Waals surface area (Å²) in [6.45, 7) is 1.39. The summed E-state index contributed by atoms with van der Waals surface area (Å²) in [4.78, 5) is 25.1. The molecule has 2 fully saturated rings. The van der Waals surface area contributed by atoms with Gasteiger partial charge in [0.1, 0.15) is 17.3 Å². The Morgan fingerprint density at radius 1 is 1.24 bits per heavy atom. The van der Waals surface area contributed by atoms with Crippen LogP contribution in [-0.4, -0.2) is 65.3 Å². The van der Waals surface area contributed by atoms with Gasteiger partial charge in [-0.05, 0) is 30.5 Å². The molecule has 5 heterocycles. The van der Waals surface area contributed by atoms with Crippen molar-refractivity contribution in [2.45, 2.75) is 37.8 Å². The number of anilines is 3. The van der Waals surface area contributed by atoms with Crippen LogP contribution in [0.4, 0.5) is 34.8 Å². The number of rotatable bonds is 5. The Morgan fingerprint density at radius 3 is 2.78 bits per heavy atom. The highest BCUT2D eigenvalue weighted by molar-refractivity contribution is 6.15. The monoisotopic (exact) mass is 521 g/mol. The van der Waals surface area contributed by atoms with E-state index in [9.17, 15) is 22.4 Å². The summed E-state index contributed by atoms with van der Waals surface area (Å²) in [6, 6.07) is 2.56. The van der Waals surface area contributed by atoms with Crippen LogP contribution in [0.1, 0.15) is 28.8 Å². The van der Waals surface area contributed by atoms with Gasteiger partial charge < -0.3 is 26.1 Å². The number of nitrogens with two attached hydrogens (primary N) is 2. The van der Waals surface area contributed by atoms with Crippen LogP contribution in [0, 0.1) is 5.92 Å². The number of nitrogens with zero attached hydrogens (tertiary/aromatic N) is 4. The number of alkyl halides is 4. The fourth-order valence-corrected chi connectivity index (χ4v) is 5.05. The van der Waals surface area contributed by atoms with E-state index >= 15 is 0 Å². The van der Waals surface area contributed by atoms with Crippen LogP contribution in [-0.2, 0) is 6.54 Å². The van der Waals surface area contributed by atoms with E-state index < -0.39 is 30.2 Å². The van der Waals surface area contributed by atoms with Gasteiger partial charge in [0.2, 0.25) is 5.88 Å². The molecule has 9 nitrogen and oxygen atoms in total. The van der Waals surface area contributed by atoms with Crippen molar-refractivity contribution in [2.75, 3.05) is 42.1 Å². The summed E-state index contributed by atoms with van der Waals surface area (Å²) in [6.07, 6.45) is -0.527. The maximum atomic E-state index is 13.5. The molecule has 0 radical (unpaired) electrons. The molecule has 3 aromatic heterocycles. The number of amides is 1. The van der Waals surface area contributed by atoms with Crippen molar-refractivity contribution in [3.8, 4) is 0 Å². The summed E-state index contributed by atoms with van der Waals surface area (Å²) in [5.74, 6) is -2.37. The van der Waals surface area contributed by atoms with E-state index in [0.29, 0.717) is 37.3 Å². The molecule has 3 aromatic rings. The van der Waals surface area contributed by atoms with Crippen molar-refractivity contribution in [3.05, 3.63) is 41.9 Å². The lowest BCUT2D eigenvalue weighted by Crippen LogP contribution is -2.51. The average molecular weight is 522 g/mol. The van der Waals surface area contributed by atoms with E-state index in [1.165, 1.54) is 23.4 Å². The van der Waals surface area contributed by atoms with Crippen LogP contribution in [0.15, 0.2) is 35.1 Å². The number of furan rings is 1. The number of halogens is 4. The van der Waals surface area contributed by atoms with Crippen LogP contribution in [0.25, 0.3) is 11.1 Å². The van der Waals surface area contributed by atoms with Crippen LogP contribution >= 0.6 is 0 Å². The molecule has 0 spiro atoms. The summed E-state index contributed by atoms with van der Waals surface area (Å²) in [5.41, 5.74) is 13.9. The molecular formula is C24H27F4N7O2. The third kappa shape index (κ3) is 5.32. The Bertz CT molecular complexity index is 1300. The highest BCUT2D eigenvalue weighted by Gasteiger charge is 2.44. The second kappa shape index (κ2) is 9.78. The summed E-state index contributed by atoms with van der Waals surface area (Å²) < 4.78 is 59.4. The van der Waals surface area contributed by atoms with Crippen LogP contribution in [0.5, 0.6) is 0 Å². The molecule has 2 aliphatic rings. The maximum absolute atomic E-state index is 13.5. The van der Waals surface area contributed by atoms with E-state index in [4.69, 9.17) is 15.9 Å². The predicted octanol–water partition coefficient (Wildman–Crippen LogP) is 3.32. The summed E-state index contributed by atoms with van der Waals surface area (Å²) in [7, 11) is 0. The fraction of sp³-hybridized carbons (Fsp3) is 0.458. The maximum Gasteiger partial charge on any atom is 0.393 e. The van der Waals surface area contributed by atoms with E-state index in [0.717, 1.165) is 5.56 Å². The summed E-state index contributed by atoms with van der Waals surface area (Å²) in [5, 5.41) is 2.69. The van der Waals surface area contributed by atoms with Crippen LogP contribution in [0.3, 0.4) is 0 Å². The smallest absolute Gasteiger partial charge is 0.393 e. The van der Waals surface area contributed by atoms with Gasteiger partial charge in [0.25, 0.3) is 5.91 Å². The van der Waals surface area contributed by atoms with Gasteiger partial charge in [-0.1, -0.05) is 0 Å². The van der Waals surface area contributed by atoms with Crippen LogP contribution < -0.4 is 21.7 Å². The molecular weight excluding hydrogens is 494 g/mol. The van der Waals surface area contributed by atoms with Gasteiger partial charge in [-0.3, -0.25) is 19.7 Å². The van der Waals surface area contributed by atoms with Crippen molar-refractivity contribution in [1.82, 2.24) is 14.9 Å². The number of nitrogen functional groups attached to an aromatic ring is 1. The van der Waals surface area contributed by atoms with E-state index in [1.807, 2.05) is 4.90 Å². The van der Waals surface area contributed by atoms with Crippen molar-refractivity contribution in [1.29, 1.82) is 0 Å². The van der Waals surface area contributed by atoms with Crippen LogP contribution in [0.2, 0.25) is 0 Å². The molecule has 3 atom stereocenters. The predicted molar refractivity (Wildman–Crippen MR) is 130 cm³/mol. The number of aromatic nitrogens is 2. The first-order chi connectivity index (χ1) is 17.6. The number of piperidine rings is 1. The molecule has 2 aliphatic heterocycles. The van der Waals surface area contributed by atoms with E-state index in [1.54, 1.807) is 12.3 Å². The second-order valence-electron chi connectivity index (χ2n) is 9.64. The molecule has 5 rings (SSSR count). The third-order valence-electron chi connectivity index (χ3n) is 6.79. The topological polar surface area (TPSA) is 127 Å². The lowest BCUT2D eigenvalue weighted by atomic mass is 9.93. The molecule has 5 N–H and O–H groups in total. The Hall–Kier alpha value is -3.45. The Morgan fingerprint density at radius 2 is 2.05 bits per heavy atom. The quantitative estimate of drug-likeness (QED) is 0.437. The van der Waals surface area contributed by atoms with Gasteiger partial charge in [0.05, 0.1) is 23.5 Å². The minimum absolute atomic E-state index is 0.00450. The van der Waals surface area contributed by atoms with Gasteiger partial charge in [0, 0.05) is 51.2 Å². The molecule has 37 heavy (non-hydrogen) atoms. The largest absolute Gasteiger partial charge is 0.438 e. The summed E-state index contributed by atoms with van der Waals surface area (Å²) >= 11 is 0. The number of carbonyl (C=O) groups excluding carboxylic acids is 1. The standard InChI is InChI=1S/C24H27F4N7O2/c25-15-2-4-34(11-15)9-13-5-19-21(32-7-13)20(22(30)37-19)23(36)33-17-8-31-3-1-18(17)35-10-14(24(26,27)28)6-16(29)12-35/h1,3,5,7-8,14-16H,2,4,6,9-12,29-30H2,(H,33,36)/t14-,15-,16+/m1/s1. The molecule has 1 amide bonds. The number of nitrogens with one attached hydrogen (secondary N) is 1. The van der Waals surface area contributed by atoms with Gasteiger partial charge in [-0.25, -0.2) is 4.39 Å². The minimum atomic E-state index is -4.39. The number of carbonyl (C=O) groups is 1. The van der Waals surface area contributed by atoms with Gasteiger partial charge in [-0.15, -0.1) is 0 Å². The second-order valence-corrected chi connectivity index (χ2v) is 9.64. The average Bonchev–Trinajstić information content (AvgIpc) is 3.39. The Labute approximate surface area is 209 Å². The van der Waals surface area contributed by atoms with Crippen molar-refractivity contribution < 1.29 is 26.8 Å². The first-order valence-electron chi connectivity index (χ1n) is 11.9. The van der Waals surface area contributed by atoms with Gasteiger partial charge in [0.15, 0.2) is 5.58 Å². The fourth-order valence-electron chi connectivity index (χ4n) is 5.05. The zero-order valence-corrected chi connectivity index (χ0v) is 19.8. The normalized spacial score (nSPS) is 23.1. The molecule has 0 aliphatic carbocycles. The molecule has 2 saturated heterocycles. The van der Waals surface area contributed by atoms with Gasteiger partial charge in [-0.2, -0.15) is 13.2 Å². The zero-order chi connectivity index (χ0) is 26.3. The number of fused-ring (bicyclic) bond motifs is 1. The first kappa shape index (κ1) is 25.2. The number of pyridine rings is 2. The number of likely N-dealkylation sites (tertiary alicyclic amines) is 1. The zero-order valence-electron chi connectivity index (χ0n) is 19.8. The molecule has 0 bridgehead atoms. The Balaban J connectivity index is 1.37. The molecule has 0 aromatic carbocycles. The van der Waals surface area contributed by atoms with Gasteiger partial charge >= 0.3 is 6.18 Å². The highest BCUT2D eigenvalue weighted by Crippen LogP contribution is 2.37.